The van der Waals surface area contributed by atoms with E-state index in [0.29, 0.717) is 37.1 Å². The summed E-state index contributed by atoms with van der Waals surface area (Å²) in [6.07, 6.45) is 7.89. The van der Waals surface area contributed by atoms with Crippen LogP contribution in [0, 0.1) is 11.3 Å². The van der Waals surface area contributed by atoms with Crippen LogP contribution in [-0.4, -0.2) is 56.7 Å². The number of carbonyl (C=O) groups is 2. The Morgan fingerprint density at radius 1 is 1.18 bits per heavy atom. The maximum atomic E-state index is 12.1. The van der Waals surface area contributed by atoms with E-state index in [1.807, 2.05) is 42.2 Å². The molecule has 2 aliphatic rings. The topological polar surface area (TPSA) is 133 Å². The number of fused-ring (bicyclic) bond motifs is 2. The fourth-order valence-corrected chi connectivity index (χ4v) is 6.66. The number of amides is 2. The van der Waals surface area contributed by atoms with Gasteiger partial charge < -0.3 is 15.3 Å². The normalized spacial score (nSPS) is 20.4. The van der Waals surface area contributed by atoms with Gasteiger partial charge in [0.15, 0.2) is 5.13 Å². The van der Waals surface area contributed by atoms with Gasteiger partial charge in [-0.1, -0.05) is 23.8 Å². The van der Waals surface area contributed by atoms with Crippen molar-refractivity contribution in [3.05, 3.63) is 48.9 Å². The molecule has 2 atom stereocenters. The SMILES string of the molecule is CCNC(=O)Nc1nc2cc(-c3cnc(N4CC5CCCC5(C(=O)O)C4)nc3)cc(-c3ccccn3)c2s1. The zero-order valence-corrected chi connectivity index (χ0v) is 21.7. The van der Waals surface area contributed by atoms with Crippen LogP contribution in [0.5, 0.6) is 0 Å². The number of urea groups is 1. The molecule has 6 rings (SSSR count). The second-order valence-electron chi connectivity index (χ2n) is 9.79. The highest BCUT2D eigenvalue weighted by Gasteiger charge is 2.55. The molecule has 4 heterocycles. The van der Waals surface area contributed by atoms with Gasteiger partial charge >= 0.3 is 12.0 Å². The number of pyridine rings is 1. The van der Waals surface area contributed by atoms with Crippen LogP contribution in [0.4, 0.5) is 15.9 Å². The lowest BCUT2D eigenvalue weighted by atomic mass is 9.81. The van der Waals surface area contributed by atoms with Crippen LogP contribution in [0.3, 0.4) is 0 Å². The Balaban J connectivity index is 1.34. The third-order valence-electron chi connectivity index (χ3n) is 7.54. The second kappa shape index (κ2) is 9.64. The first kappa shape index (κ1) is 24.2. The lowest BCUT2D eigenvalue weighted by Crippen LogP contribution is -2.36. The number of benzene rings is 1. The number of carbonyl (C=O) groups excluding carboxylic acids is 1. The molecule has 4 aromatic rings. The zero-order chi connectivity index (χ0) is 26.3. The van der Waals surface area contributed by atoms with Crippen molar-refractivity contribution in [2.75, 3.05) is 29.9 Å². The molecule has 1 aromatic carbocycles. The molecule has 1 aliphatic heterocycles. The van der Waals surface area contributed by atoms with Crippen molar-refractivity contribution in [2.24, 2.45) is 11.3 Å². The van der Waals surface area contributed by atoms with Gasteiger partial charge in [0, 0.05) is 49.4 Å². The highest BCUT2D eigenvalue weighted by atomic mass is 32.1. The molecule has 1 saturated carbocycles. The predicted molar refractivity (Wildman–Crippen MR) is 146 cm³/mol. The van der Waals surface area contributed by atoms with Gasteiger partial charge in [-0.25, -0.2) is 19.7 Å². The van der Waals surface area contributed by atoms with Gasteiger partial charge in [-0.3, -0.25) is 15.1 Å². The van der Waals surface area contributed by atoms with Crippen LogP contribution >= 0.6 is 11.3 Å². The van der Waals surface area contributed by atoms with Gasteiger partial charge in [-0.15, -0.1) is 0 Å². The van der Waals surface area contributed by atoms with Gasteiger partial charge in [0.1, 0.15) is 0 Å². The van der Waals surface area contributed by atoms with Crippen molar-refractivity contribution in [3.8, 4) is 22.4 Å². The van der Waals surface area contributed by atoms with Gasteiger partial charge in [0.05, 0.1) is 21.3 Å². The minimum Gasteiger partial charge on any atom is -0.481 e. The smallest absolute Gasteiger partial charge is 0.321 e. The first-order valence-corrected chi connectivity index (χ1v) is 13.5. The molecule has 0 bridgehead atoms. The van der Waals surface area contributed by atoms with Crippen LogP contribution in [0.2, 0.25) is 0 Å². The minimum atomic E-state index is -0.709. The van der Waals surface area contributed by atoms with Crippen LogP contribution < -0.4 is 15.5 Å². The summed E-state index contributed by atoms with van der Waals surface area (Å²) in [5.74, 6) is -0.0193. The summed E-state index contributed by atoms with van der Waals surface area (Å²) in [4.78, 5) is 44.6. The van der Waals surface area contributed by atoms with E-state index < -0.39 is 11.4 Å². The van der Waals surface area contributed by atoms with Crippen molar-refractivity contribution in [1.29, 1.82) is 0 Å². The number of aliphatic carboxylic acids is 1. The molecular formula is C27H27N7O3S. The summed E-state index contributed by atoms with van der Waals surface area (Å²) in [5, 5.41) is 15.9. The Labute approximate surface area is 223 Å². The molecule has 2 fully saturated rings. The van der Waals surface area contributed by atoms with Gasteiger partial charge in [-0.2, -0.15) is 0 Å². The first-order valence-electron chi connectivity index (χ1n) is 12.7. The number of thiazole rings is 1. The molecule has 3 N–H and O–H groups in total. The molecular weight excluding hydrogens is 502 g/mol. The van der Waals surface area contributed by atoms with Crippen molar-refractivity contribution in [1.82, 2.24) is 25.3 Å². The third-order valence-corrected chi connectivity index (χ3v) is 8.56. The molecule has 1 saturated heterocycles. The molecule has 11 heteroatoms. The van der Waals surface area contributed by atoms with Gasteiger partial charge in [-0.05, 0) is 55.5 Å². The second-order valence-corrected chi connectivity index (χ2v) is 10.8. The number of carboxylic acids is 1. The van der Waals surface area contributed by atoms with Gasteiger partial charge in [0.2, 0.25) is 5.95 Å². The molecule has 2 unspecified atom stereocenters. The monoisotopic (exact) mass is 529 g/mol. The molecule has 3 aromatic heterocycles. The number of rotatable bonds is 6. The number of anilines is 2. The number of nitrogens with zero attached hydrogens (tertiary/aromatic N) is 5. The number of hydrogen-bond donors (Lipinski definition) is 3. The summed E-state index contributed by atoms with van der Waals surface area (Å²) in [6, 6.07) is 9.44. The third kappa shape index (κ3) is 4.22. The van der Waals surface area contributed by atoms with Crippen LogP contribution in [0.15, 0.2) is 48.9 Å². The maximum absolute atomic E-state index is 12.1. The van der Waals surface area contributed by atoms with E-state index in [9.17, 15) is 14.7 Å². The number of nitrogens with one attached hydrogen (secondary N) is 2. The molecule has 1 aliphatic carbocycles. The fourth-order valence-electron chi connectivity index (χ4n) is 5.69. The summed E-state index contributed by atoms with van der Waals surface area (Å²) in [5.41, 5.74) is 3.44. The average molecular weight is 530 g/mol. The Hall–Kier alpha value is -4.12. The van der Waals surface area contributed by atoms with Crippen molar-refractivity contribution < 1.29 is 14.7 Å². The first-order chi connectivity index (χ1) is 18.5. The van der Waals surface area contributed by atoms with E-state index in [4.69, 9.17) is 0 Å². The Morgan fingerprint density at radius 3 is 2.74 bits per heavy atom. The fraction of sp³-hybridized carbons (Fsp3) is 0.333. The van der Waals surface area contributed by atoms with Crippen LogP contribution in [0.1, 0.15) is 26.2 Å². The molecule has 10 nitrogen and oxygen atoms in total. The molecule has 38 heavy (non-hydrogen) atoms. The summed E-state index contributed by atoms with van der Waals surface area (Å²) in [6.45, 7) is 3.49. The summed E-state index contributed by atoms with van der Waals surface area (Å²) < 4.78 is 0.916. The summed E-state index contributed by atoms with van der Waals surface area (Å²) in [7, 11) is 0. The van der Waals surface area contributed by atoms with E-state index in [0.717, 1.165) is 45.4 Å². The highest BCUT2D eigenvalue weighted by molar-refractivity contribution is 7.22. The Kier molecular flexibility index (Phi) is 6.15. The molecule has 0 radical (unpaired) electrons. The summed E-state index contributed by atoms with van der Waals surface area (Å²) >= 11 is 1.40. The van der Waals surface area contributed by atoms with Crippen LogP contribution in [-0.2, 0) is 4.79 Å². The Morgan fingerprint density at radius 2 is 2.03 bits per heavy atom. The number of hydrogen-bond acceptors (Lipinski definition) is 8. The van der Waals surface area contributed by atoms with Crippen molar-refractivity contribution in [2.45, 2.75) is 26.2 Å². The van der Waals surface area contributed by atoms with Crippen LogP contribution in [0.25, 0.3) is 32.6 Å². The number of aromatic nitrogens is 4. The van der Waals surface area contributed by atoms with E-state index in [1.54, 1.807) is 18.6 Å². The highest BCUT2D eigenvalue weighted by Crippen LogP contribution is 2.49. The standard InChI is InChI=1S/C27H27N7O3S/c1-2-28-25(37)33-26-32-21-11-16(10-19(22(21)38-26)20-7-3-4-9-29-20)17-12-30-24(31-13-17)34-14-18-6-5-8-27(18,15-34)23(35)36/h3-4,7,9-13,18H,2,5-6,8,14-15H2,1H3,(H,35,36)(H2,28,32,33,37). The van der Waals surface area contributed by atoms with Crippen molar-refractivity contribution in [3.63, 3.8) is 0 Å². The molecule has 2 amide bonds. The lowest BCUT2D eigenvalue weighted by Gasteiger charge is -2.23. The lowest BCUT2D eigenvalue weighted by molar-refractivity contribution is -0.149. The van der Waals surface area contributed by atoms with E-state index >= 15 is 0 Å². The minimum absolute atomic E-state index is 0.137. The molecule has 194 valence electrons. The van der Waals surface area contributed by atoms with E-state index in [-0.39, 0.29) is 11.9 Å². The Bertz CT molecular complexity index is 1510. The maximum Gasteiger partial charge on any atom is 0.321 e. The number of carboxylic acid groups (broad SMARTS) is 1. The van der Waals surface area contributed by atoms with Crippen molar-refractivity contribution >= 4 is 44.6 Å². The average Bonchev–Trinajstić information content (AvgIpc) is 3.61. The quantitative estimate of drug-likeness (QED) is 0.329. The largest absolute Gasteiger partial charge is 0.481 e. The predicted octanol–water partition coefficient (Wildman–Crippen LogP) is 4.65. The van der Waals surface area contributed by atoms with Gasteiger partial charge in [0.25, 0.3) is 0 Å². The molecule has 0 spiro atoms. The van der Waals surface area contributed by atoms with E-state index in [1.165, 1.54) is 11.3 Å². The van der Waals surface area contributed by atoms with E-state index in [2.05, 4.69) is 30.6 Å². The zero-order valence-electron chi connectivity index (χ0n) is 20.8.